The molecule has 3 heterocycles. The second kappa shape index (κ2) is 6.95. The van der Waals surface area contributed by atoms with Crippen LogP contribution in [0.1, 0.15) is 28.8 Å². The summed E-state index contributed by atoms with van der Waals surface area (Å²) in [4.78, 5) is 42.8. The molecular weight excluding hydrogens is 380 g/mol. The third-order valence-corrected chi connectivity index (χ3v) is 5.78. The average Bonchev–Trinajstić information content (AvgIpc) is 3.28. The number of nitrogens with one attached hydrogen (secondary N) is 1. The number of imide groups is 1. The van der Waals surface area contributed by atoms with E-state index < -0.39 is 11.9 Å². The number of imidazole rings is 1. The van der Waals surface area contributed by atoms with Crippen LogP contribution in [0.5, 0.6) is 0 Å². The van der Waals surface area contributed by atoms with E-state index in [1.54, 1.807) is 11.2 Å². The van der Waals surface area contributed by atoms with Crippen molar-refractivity contribution in [2.75, 3.05) is 0 Å². The summed E-state index contributed by atoms with van der Waals surface area (Å²) in [6, 6.07) is 15.1. The van der Waals surface area contributed by atoms with Crippen LogP contribution in [0, 0.1) is 0 Å². The molecule has 2 aromatic carbocycles. The van der Waals surface area contributed by atoms with Crippen molar-refractivity contribution in [2.24, 2.45) is 7.05 Å². The Morgan fingerprint density at radius 2 is 1.83 bits per heavy atom. The van der Waals surface area contributed by atoms with Gasteiger partial charge in [-0.15, -0.1) is 0 Å². The molecule has 1 atom stereocenters. The molecule has 0 radical (unpaired) electrons. The van der Waals surface area contributed by atoms with Gasteiger partial charge in [0.15, 0.2) is 0 Å². The zero-order chi connectivity index (χ0) is 20.8. The van der Waals surface area contributed by atoms with Crippen LogP contribution in [-0.4, -0.2) is 38.2 Å². The second-order valence-corrected chi connectivity index (χ2v) is 7.69. The SMILES string of the molecule is Cn1cnc(-c2ccc3c(c2)CN(C2CCC(=O)NC2=O)C3=O)c1-c1ccccc1. The number of hydrogen-bond acceptors (Lipinski definition) is 4. The number of benzene rings is 2. The molecular formula is C23H20N4O3. The highest BCUT2D eigenvalue weighted by molar-refractivity contribution is 6.05. The molecule has 2 aliphatic heterocycles. The first-order chi connectivity index (χ1) is 14.5. The number of nitrogens with zero attached hydrogens (tertiary/aromatic N) is 3. The summed E-state index contributed by atoms with van der Waals surface area (Å²) < 4.78 is 1.98. The molecule has 0 spiro atoms. The number of amides is 3. The topological polar surface area (TPSA) is 84.3 Å². The first kappa shape index (κ1) is 18.3. The molecule has 0 saturated carbocycles. The van der Waals surface area contributed by atoms with Crippen molar-refractivity contribution in [1.82, 2.24) is 19.8 Å². The van der Waals surface area contributed by atoms with Crippen molar-refractivity contribution in [3.05, 3.63) is 66.0 Å². The summed E-state index contributed by atoms with van der Waals surface area (Å²) in [5.41, 5.74) is 5.30. The zero-order valence-electron chi connectivity index (χ0n) is 16.5. The minimum absolute atomic E-state index is 0.171. The largest absolute Gasteiger partial charge is 0.333 e. The van der Waals surface area contributed by atoms with Crippen LogP contribution in [0.4, 0.5) is 0 Å². The Morgan fingerprint density at radius 1 is 1.03 bits per heavy atom. The van der Waals surface area contributed by atoms with E-state index in [2.05, 4.69) is 10.3 Å². The van der Waals surface area contributed by atoms with Crippen molar-refractivity contribution >= 4 is 17.7 Å². The second-order valence-electron chi connectivity index (χ2n) is 7.69. The maximum Gasteiger partial charge on any atom is 0.255 e. The molecule has 150 valence electrons. The molecule has 7 nitrogen and oxygen atoms in total. The lowest BCUT2D eigenvalue weighted by Crippen LogP contribution is -2.52. The quantitative estimate of drug-likeness (QED) is 0.685. The average molecular weight is 400 g/mol. The number of fused-ring (bicyclic) bond motifs is 1. The predicted molar refractivity (Wildman–Crippen MR) is 110 cm³/mol. The monoisotopic (exact) mass is 400 g/mol. The lowest BCUT2D eigenvalue weighted by Gasteiger charge is -2.29. The molecule has 3 amide bonds. The molecule has 1 fully saturated rings. The van der Waals surface area contributed by atoms with Gasteiger partial charge in [0, 0.05) is 36.7 Å². The third kappa shape index (κ3) is 2.90. The predicted octanol–water partition coefficient (Wildman–Crippen LogP) is 2.52. The fourth-order valence-electron chi connectivity index (χ4n) is 4.30. The molecule has 3 aromatic rings. The summed E-state index contributed by atoms with van der Waals surface area (Å²) in [6.07, 6.45) is 2.39. The van der Waals surface area contributed by atoms with Gasteiger partial charge in [-0.25, -0.2) is 4.98 Å². The van der Waals surface area contributed by atoms with Gasteiger partial charge in [-0.2, -0.15) is 0 Å². The van der Waals surface area contributed by atoms with Crippen molar-refractivity contribution in [3.63, 3.8) is 0 Å². The minimum Gasteiger partial charge on any atom is -0.333 e. The summed E-state index contributed by atoms with van der Waals surface area (Å²) in [6.45, 7) is 0.349. The van der Waals surface area contributed by atoms with Crippen molar-refractivity contribution in [3.8, 4) is 22.5 Å². The van der Waals surface area contributed by atoms with Gasteiger partial charge in [-0.3, -0.25) is 19.7 Å². The van der Waals surface area contributed by atoms with Crippen LogP contribution in [0.25, 0.3) is 22.5 Å². The van der Waals surface area contributed by atoms with Gasteiger partial charge in [0.05, 0.1) is 17.7 Å². The van der Waals surface area contributed by atoms with Crippen molar-refractivity contribution in [2.45, 2.75) is 25.4 Å². The maximum absolute atomic E-state index is 12.9. The summed E-state index contributed by atoms with van der Waals surface area (Å²) >= 11 is 0. The highest BCUT2D eigenvalue weighted by Crippen LogP contribution is 2.34. The number of aryl methyl sites for hydroxylation is 1. The number of rotatable bonds is 3. The van der Waals surface area contributed by atoms with Gasteiger partial charge in [-0.1, -0.05) is 36.4 Å². The lowest BCUT2D eigenvalue weighted by atomic mass is 10.0. The molecule has 1 saturated heterocycles. The van der Waals surface area contributed by atoms with Crippen LogP contribution in [0.2, 0.25) is 0 Å². The molecule has 1 aromatic heterocycles. The van der Waals surface area contributed by atoms with E-state index in [0.717, 1.165) is 28.1 Å². The van der Waals surface area contributed by atoms with E-state index >= 15 is 0 Å². The Bertz CT molecular complexity index is 1180. The Balaban J connectivity index is 1.49. The number of carbonyl (C=O) groups excluding carboxylic acids is 3. The van der Waals surface area contributed by atoms with Gasteiger partial charge >= 0.3 is 0 Å². The standard InChI is InChI=1S/C23H20N4O3/c1-26-13-24-20(21(26)14-5-3-2-4-6-14)15-7-8-17-16(11-15)12-27(23(17)30)18-9-10-19(28)25-22(18)29/h2-8,11,13,18H,9-10,12H2,1H3,(H,25,28,29). The minimum atomic E-state index is -0.610. The normalized spacial score (nSPS) is 18.5. The molecule has 1 N–H and O–H groups in total. The van der Waals surface area contributed by atoms with E-state index in [0.29, 0.717) is 18.5 Å². The smallest absolute Gasteiger partial charge is 0.255 e. The van der Waals surface area contributed by atoms with Gasteiger partial charge in [0.25, 0.3) is 5.91 Å². The van der Waals surface area contributed by atoms with E-state index in [-0.39, 0.29) is 18.2 Å². The first-order valence-corrected chi connectivity index (χ1v) is 9.87. The van der Waals surface area contributed by atoms with E-state index in [4.69, 9.17) is 0 Å². The molecule has 0 bridgehead atoms. The number of hydrogen-bond donors (Lipinski definition) is 1. The van der Waals surface area contributed by atoms with E-state index in [1.807, 2.05) is 60.1 Å². The summed E-state index contributed by atoms with van der Waals surface area (Å²) in [7, 11) is 1.96. The molecule has 5 rings (SSSR count). The Labute approximate surface area is 173 Å². The van der Waals surface area contributed by atoms with Crippen molar-refractivity contribution < 1.29 is 14.4 Å². The fraction of sp³-hybridized carbons (Fsp3) is 0.217. The number of aromatic nitrogens is 2. The molecule has 0 aliphatic carbocycles. The molecule has 7 heteroatoms. The molecule has 2 aliphatic rings. The van der Waals surface area contributed by atoms with Crippen LogP contribution in [0.15, 0.2) is 54.9 Å². The first-order valence-electron chi connectivity index (χ1n) is 9.87. The zero-order valence-corrected chi connectivity index (χ0v) is 16.5. The van der Waals surface area contributed by atoms with Crippen LogP contribution < -0.4 is 5.32 Å². The Hall–Kier alpha value is -3.74. The van der Waals surface area contributed by atoms with Crippen LogP contribution in [-0.2, 0) is 23.2 Å². The van der Waals surface area contributed by atoms with Gasteiger partial charge in [-0.05, 0) is 24.1 Å². The lowest BCUT2D eigenvalue weighted by molar-refractivity contribution is -0.136. The summed E-state index contributed by atoms with van der Waals surface area (Å²) in [5.74, 6) is -0.856. The third-order valence-electron chi connectivity index (χ3n) is 5.78. The van der Waals surface area contributed by atoms with Gasteiger partial charge in [0.1, 0.15) is 6.04 Å². The molecule has 1 unspecified atom stereocenters. The van der Waals surface area contributed by atoms with Gasteiger partial charge < -0.3 is 9.47 Å². The number of carbonyl (C=O) groups is 3. The highest BCUT2D eigenvalue weighted by atomic mass is 16.2. The Kier molecular flexibility index (Phi) is 4.24. The molecule has 30 heavy (non-hydrogen) atoms. The van der Waals surface area contributed by atoms with Crippen LogP contribution >= 0.6 is 0 Å². The van der Waals surface area contributed by atoms with E-state index in [1.165, 1.54) is 0 Å². The summed E-state index contributed by atoms with van der Waals surface area (Å²) in [5, 5.41) is 2.33. The Morgan fingerprint density at radius 3 is 2.60 bits per heavy atom. The van der Waals surface area contributed by atoms with Crippen molar-refractivity contribution in [1.29, 1.82) is 0 Å². The maximum atomic E-state index is 12.9. The number of piperidine rings is 1. The van der Waals surface area contributed by atoms with Gasteiger partial charge in [0.2, 0.25) is 11.8 Å². The highest BCUT2D eigenvalue weighted by Gasteiger charge is 2.39. The fourth-order valence-corrected chi connectivity index (χ4v) is 4.30. The van der Waals surface area contributed by atoms with E-state index in [9.17, 15) is 14.4 Å². The van der Waals surface area contributed by atoms with Crippen LogP contribution in [0.3, 0.4) is 0 Å².